The molecule has 1 aromatic heterocycles. The van der Waals surface area contributed by atoms with Crippen molar-refractivity contribution in [1.29, 1.82) is 0 Å². The number of furan rings is 1. The molecule has 0 bridgehead atoms. The summed E-state index contributed by atoms with van der Waals surface area (Å²) >= 11 is 5.72. The van der Waals surface area contributed by atoms with Crippen LogP contribution in [0.5, 0.6) is 0 Å². The fourth-order valence-electron chi connectivity index (χ4n) is 2.87. The molecule has 1 fully saturated rings. The first-order valence-electron chi connectivity index (χ1n) is 6.82. The Hall–Kier alpha value is -0.560. The fraction of sp³-hybridized carbons (Fsp3) is 0.714. The van der Waals surface area contributed by atoms with Crippen LogP contribution in [-0.4, -0.2) is 37.0 Å². The molecule has 0 radical (unpaired) electrons. The average Bonchev–Trinajstić information content (AvgIpc) is 2.67. The molecule has 5 nitrogen and oxygen atoms in total. The zero-order chi connectivity index (χ0) is 16.1. The van der Waals surface area contributed by atoms with E-state index >= 15 is 0 Å². The minimum absolute atomic E-state index is 0.149. The maximum atomic E-state index is 12.9. The molecule has 1 aliphatic heterocycles. The number of rotatable bonds is 3. The summed E-state index contributed by atoms with van der Waals surface area (Å²) in [5.41, 5.74) is -1.08. The number of hydrogen-bond donors (Lipinski definition) is 0. The van der Waals surface area contributed by atoms with Crippen molar-refractivity contribution in [3.63, 3.8) is 0 Å². The molecule has 1 aliphatic rings. The van der Waals surface area contributed by atoms with Crippen LogP contribution >= 0.6 is 11.6 Å². The zero-order valence-corrected chi connectivity index (χ0v) is 14.6. The fourth-order valence-corrected chi connectivity index (χ4v) is 4.93. The van der Waals surface area contributed by atoms with Crippen molar-refractivity contribution in [3.05, 3.63) is 17.6 Å². The number of hydrogen-bond acceptors (Lipinski definition) is 4. The minimum Gasteiger partial charge on any atom is -0.464 e. The van der Waals surface area contributed by atoms with Gasteiger partial charge in [-0.1, -0.05) is 0 Å². The summed E-state index contributed by atoms with van der Waals surface area (Å²) in [5.74, 6) is 0.975. The van der Waals surface area contributed by atoms with Gasteiger partial charge in [-0.25, -0.2) is 8.42 Å². The van der Waals surface area contributed by atoms with Crippen LogP contribution in [0.2, 0.25) is 0 Å². The molecule has 0 saturated carbocycles. The Balaban J connectivity index is 2.41. The second-order valence-corrected chi connectivity index (χ2v) is 8.83. The molecule has 0 aromatic carbocycles. The van der Waals surface area contributed by atoms with Crippen LogP contribution in [0.1, 0.15) is 39.2 Å². The van der Waals surface area contributed by atoms with Crippen molar-refractivity contribution in [2.45, 2.75) is 56.6 Å². The molecule has 120 valence electrons. The van der Waals surface area contributed by atoms with E-state index in [2.05, 4.69) is 0 Å². The second kappa shape index (κ2) is 5.26. The normalized spacial score (nSPS) is 22.4. The Bertz CT molecular complexity index is 617. The van der Waals surface area contributed by atoms with Crippen LogP contribution in [0.4, 0.5) is 0 Å². The summed E-state index contributed by atoms with van der Waals surface area (Å²) in [6.45, 7) is 9.82. The number of morpholine rings is 1. The Morgan fingerprint density at radius 2 is 1.76 bits per heavy atom. The van der Waals surface area contributed by atoms with Gasteiger partial charge in [-0.15, -0.1) is 11.6 Å². The third kappa shape index (κ3) is 3.44. The van der Waals surface area contributed by atoms with E-state index in [1.54, 1.807) is 6.92 Å². The molecule has 0 aliphatic carbocycles. The van der Waals surface area contributed by atoms with Crippen LogP contribution in [0.15, 0.2) is 15.4 Å². The van der Waals surface area contributed by atoms with Crippen molar-refractivity contribution in [2.75, 3.05) is 13.1 Å². The van der Waals surface area contributed by atoms with Gasteiger partial charge >= 0.3 is 0 Å². The molecule has 2 rings (SSSR count). The first-order valence-corrected chi connectivity index (χ1v) is 8.80. The number of nitrogens with zero attached hydrogens (tertiary/aromatic N) is 1. The molecule has 1 saturated heterocycles. The van der Waals surface area contributed by atoms with Crippen molar-refractivity contribution >= 4 is 21.6 Å². The summed E-state index contributed by atoms with van der Waals surface area (Å²) in [6.07, 6.45) is 0. The third-order valence-corrected chi connectivity index (χ3v) is 5.50. The van der Waals surface area contributed by atoms with Crippen LogP contribution in [0, 0.1) is 6.92 Å². The predicted molar refractivity (Wildman–Crippen MR) is 81.0 cm³/mol. The lowest BCUT2D eigenvalue weighted by atomic mass is 10.0. The third-order valence-electron chi connectivity index (χ3n) is 3.34. The van der Waals surface area contributed by atoms with Crippen molar-refractivity contribution in [2.24, 2.45) is 0 Å². The molecule has 0 spiro atoms. The minimum atomic E-state index is -3.62. The summed E-state index contributed by atoms with van der Waals surface area (Å²) in [6, 6.07) is 1.51. The molecule has 0 amide bonds. The van der Waals surface area contributed by atoms with Gasteiger partial charge in [-0.05, 0) is 34.6 Å². The van der Waals surface area contributed by atoms with Gasteiger partial charge in [0.1, 0.15) is 16.4 Å². The van der Waals surface area contributed by atoms with Gasteiger partial charge in [0.2, 0.25) is 10.0 Å². The Morgan fingerprint density at radius 1 is 1.24 bits per heavy atom. The topological polar surface area (TPSA) is 59.8 Å². The van der Waals surface area contributed by atoms with Gasteiger partial charge in [0, 0.05) is 19.2 Å². The van der Waals surface area contributed by atoms with E-state index in [-0.39, 0.29) is 10.8 Å². The van der Waals surface area contributed by atoms with E-state index in [0.717, 1.165) is 0 Å². The molecule has 21 heavy (non-hydrogen) atoms. The number of aryl methyl sites for hydroxylation is 1. The average molecular weight is 336 g/mol. The molecular weight excluding hydrogens is 314 g/mol. The van der Waals surface area contributed by atoms with E-state index in [4.69, 9.17) is 20.8 Å². The lowest BCUT2D eigenvalue weighted by Crippen LogP contribution is -2.58. The molecule has 7 heteroatoms. The maximum absolute atomic E-state index is 12.9. The van der Waals surface area contributed by atoms with Crippen LogP contribution in [0.3, 0.4) is 0 Å². The van der Waals surface area contributed by atoms with Crippen LogP contribution < -0.4 is 0 Å². The molecule has 0 atom stereocenters. The van der Waals surface area contributed by atoms with Crippen molar-refractivity contribution in [3.8, 4) is 0 Å². The largest absolute Gasteiger partial charge is 0.464 e. The molecule has 0 unspecified atom stereocenters. The van der Waals surface area contributed by atoms with Crippen LogP contribution in [-0.2, 0) is 20.6 Å². The highest BCUT2D eigenvalue weighted by molar-refractivity contribution is 7.89. The first-order chi connectivity index (χ1) is 9.47. The van der Waals surface area contributed by atoms with Gasteiger partial charge in [0.15, 0.2) is 0 Å². The monoisotopic (exact) mass is 335 g/mol. The van der Waals surface area contributed by atoms with Gasteiger partial charge in [0.25, 0.3) is 0 Å². The van der Waals surface area contributed by atoms with Gasteiger partial charge in [-0.3, -0.25) is 0 Å². The maximum Gasteiger partial charge on any atom is 0.246 e. The number of sulfonamides is 1. The zero-order valence-electron chi connectivity index (χ0n) is 13.1. The number of alkyl halides is 1. The Morgan fingerprint density at radius 3 is 2.19 bits per heavy atom. The van der Waals surface area contributed by atoms with Crippen molar-refractivity contribution < 1.29 is 17.6 Å². The lowest BCUT2D eigenvalue weighted by molar-refractivity contribution is -0.163. The Labute approximate surface area is 131 Å². The summed E-state index contributed by atoms with van der Waals surface area (Å²) in [5, 5.41) is 0. The van der Waals surface area contributed by atoms with E-state index in [1.165, 1.54) is 10.4 Å². The highest BCUT2D eigenvalue weighted by Crippen LogP contribution is 2.33. The summed E-state index contributed by atoms with van der Waals surface area (Å²) in [7, 11) is -3.62. The van der Waals surface area contributed by atoms with E-state index in [9.17, 15) is 8.42 Å². The highest BCUT2D eigenvalue weighted by atomic mass is 35.5. The number of halogens is 1. The van der Waals surface area contributed by atoms with Gasteiger partial charge in [-0.2, -0.15) is 4.31 Å². The summed E-state index contributed by atoms with van der Waals surface area (Å²) in [4.78, 5) is 0.187. The van der Waals surface area contributed by atoms with Crippen molar-refractivity contribution in [1.82, 2.24) is 4.31 Å². The molecule has 1 aromatic rings. The standard InChI is InChI=1S/C14H22ClNO4S/c1-10-12(6-11(7-15)19-10)21(17,18)16-8-13(2,3)20-14(4,5)9-16/h6H,7-9H2,1-5H3. The van der Waals surface area contributed by atoms with Crippen LogP contribution in [0.25, 0.3) is 0 Å². The highest BCUT2D eigenvalue weighted by Gasteiger charge is 2.43. The van der Waals surface area contributed by atoms with Gasteiger partial charge in [0.05, 0.1) is 17.1 Å². The molecule has 2 heterocycles. The lowest BCUT2D eigenvalue weighted by Gasteiger charge is -2.46. The summed E-state index contributed by atoms with van der Waals surface area (Å²) < 4.78 is 38.5. The quantitative estimate of drug-likeness (QED) is 0.797. The first kappa shape index (κ1) is 16.8. The Kier molecular flexibility index (Phi) is 4.21. The van der Waals surface area contributed by atoms with E-state index in [1.807, 2.05) is 27.7 Å². The van der Waals surface area contributed by atoms with E-state index < -0.39 is 21.2 Å². The predicted octanol–water partition coefficient (Wildman–Crippen LogP) is 2.90. The smallest absolute Gasteiger partial charge is 0.246 e. The van der Waals surface area contributed by atoms with Gasteiger partial charge < -0.3 is 9.15 Å². The number of ether oxygens (including phenoxy) is 1. The van der Waals surface area contributed by atoms with E-state index in [0.29, 0.717) is 24.6 Å². The second-order valence-electron chi connectivity index (χ2n) is 6.66. The SMILES string of the molecule is Cc1oc(CCl)cc1S(=O)(=O)N1CC(C)(C)OC(C)(C)C1. The molecular formula is C14H22ClNO4S. The molecule has 0 N–H and O–H groups in total.